The van der Waals surface area contributed by atoms with Gasteiger partial charge in [-0.2, -0.15) is 0 Å². The summed E-state index contributed by atoms with van der Waals surface area (Å²) in [5, 5.41) is 81.3. The van der Waals surface area contributed by atoms with Crippen LogP contribution < -0.4 is 0 Å². The molecule has 0 bridgehead atoms. The zero-order valence-corrected chi connectivity index (χ0v) is 96.9. The number of aliphatic hydroxyl groups excluding tert-OH is 7. The number of ether oxygens (including phenoxy) is 2. The molecule has 0 aliphatic heterocycles. The van der Waals surface area contributed by atoms with Gasteiger partial charge in [0.25, 0.3) is 0 Å². The van der Waals surface area contributed by atoms with Crippen molar-refractivity contribution in [3.05, 3.63) is 230 Å². The predicted molar refractivity (Wildman–Crippen MR) is 616 cm³/mol. The standard InChI is InChI=1S/C47H70O3.C29H44O2.C28H46O2.C26H42O4.C3H4N2S/c1-32(2)15-11-18-36(6)42-25-26-43-38(20-14-28-47(42,43)10)22-23-39-30-40(48)31-44(37(39)7)50-45(49)29-34(4)17-12-16-33(3)21-24-41-35(5)19-13-27-46(41,8)9;1-19(2)29(15-16-29)14-12-20(3)25-10-11-26-22(7-6-13-28(25,26)5)8-9-23-17-24(30)18-27(31)21(23)4;1-18(2)19(3)9-10-20(4)25-13-14-26-22(8-7-15-28(25,26)6)11-12-23-16-24(29)17-27(30)21(23)5;1-17-20(15-21(27)16-24(17)28)9-8-19-7-6-12-26(5)22(10-11-23(19)26)18(2)30-14-13-25(3,4)29;6-3-4-1-2-5-3/h12,16-17,21-24,29,32,36,40,42-44,48H,7,11,13-15,18-20,25-28,30-31H2,1-6,8-10H3;8-9,12,14,19-20,24-27,30-31H,4,6-7,10-11,13,15-18H2,1-3,5H3;11-12,18-20,24-27,29-30H,5,7-10,13-17H2,1-4,6H3;8-9,18,21-24,27-29H,1,6-7,10-16H2,2-5H3;1-2H,(H2,4,5,6)/b17-12+,24-21+,33-16+,34-29+,38-22+,39-23-;14-12+,22-8+,23-9-;22-11+,23-12-;19-8+,20-9-;/t36-,40-,42-,43?,44+,47-;20-,24-,25-,26?,27+,28-;19?,20-,24-,25-,26?,27+,28-;18-,21+,22+,23?,24-,26+;/m1110./s1. The van der Waals surface area contributed by atoms with Gasteiger partial charge in [0.2, 0.25) is 0 Å². The highest BCUT2D eigenvalue weighted by molar-refractivity contribution is 7.71. The lowest BCUT2D eigenvalue weighted by Crippen LogP contribution is -2.39. The molecule has 0 aromatic carbocycles. The fraction of sp³-hybridized carbons (Fsp3) is 0.699. The Balaban J connectivity index is 0.000000187. The maximum absolute atomic E-state index is 13.0. The van der Waals surface area contributed by atoms with E-state index < -0.39 is 60.4 Å². The Morgan fingerprint density at radius 1 is 0.497 bits per heavy atom. The van der Waals surface area contributed by atoms with Crippen LogP contribution in [0.5, 0.6) is 0 Å². The summed E-state index contributed by atoms with van der Waals surface area (Å²) in [6, 6.07) is 0. The topological polar surface area (TPSA) is 229 Å². The summed E-state index contributed by atoms with van der Waals surface area (Å²) in [4.78, 5) is 18.5. The zero-order valence-electron chi connectivity index (χ0n) is 96.1. The third-order valence-corrected chi connectivity index (χ3v) is 40.3. The number of aromatic nitrogens is 2. The maximum atomic E-state index is 13.0. The van der Waals surface area contributed by atoms with Crippen LogP contribution in [0.25, 0.3) is 0 Å². The van der Waals surface area contributed by atoms with E-state index in [0.717, 1.165) is 122 Å². The van der Waals surface area contributed by atoms with Crippen molar-refractivity contribution in [1.82, 2.24) is 9.97 Å². The Morgan fingerprint density at radius 3 is 1.31 bits per heavy atom. The molecule has 14 aliphatic carbocycles. The minimum absolute atomic E-state index is 0.198. The summed E-state index contributed by atoms with van der Waals surface area (Å²) >= 11 is 4.63. The van der Waals surface area contributed by atoms with Gasteiger partial charge in [-0.25, -0.2) is 4.79 Å². The predicted octanol–water partition coefficient (Wildman–Crippen LogP) is 32.0. The van der Waals surface area contributed by atoms with Crippen molar-refractivity contribution >= 4 is 18.2 Å². The number of aromatic amines is 2. The minimum Gasteiger partial charge on any atom is -0.454 e. The maximum Gasteiger partial charge on any atom is 0.331 e. The quantitative estimate of drug-likeness (QED) is 0.0119. The van der Waals surface area contributed by atoms with Gasteiger partial charge >= 0.3 is 5.97 Å². The van der Waals surface area contributed by atoms with E-state index in [1.807, 2.05) is 32.9 Å². The van der Waals surface area contributed by atoms with Crippen LogP contribution in [0.3, 0.4) is 0 Å². The largest absolute Gasteiger partial charge is 0.454 e. The first kappa shape index (κ1) is 121. The highest BCUT2D eigenvalue weighted by atomic mass is 32.1. The molecule has 0 saturated heterocycles. The number of aliphatic hydroxyl groups is 8. The van der Waals surface area contributed by atoms with Crippen LogP contribution in [-0.2, 0) is 14.3 Å². The van der Waals surface area contributed by atoms with Crippen LogP contribution >= 0.6 is 12.2 Å². The van der Waals surface area contributed by atoms with Crippen LogP contribution in [0.15, 0.2) is 225 Å². The number of hydrogen-bond donors (Lipinski definition) is 10. The lowest BCUT2D eigenvalue weighted by molar-refractivity contribution is -0.142. The number of hydrogen-bond acceptors (Lipinski definition) is 12. The van der Waals surface area contributed by atoms with Gasteiger partial charge in [-0.3, -0.25) is 0 Å². The lowest BCUT2D eigenvalue weighted by atomic mass is 9.60. The molecule has 15 rings (SSSR count). The van der Waals surface area contributed by atoms with Crippen LogP contribution in [0, 0.1) is 126 Å². The highest BCUT2D eigenvalue weighted by Gasteiger charge is 2.56. The third-order valence-electron chi connectivity index (χ3n) is 40.1. The number of allylic oxidation sites excluding steroid dienone is 23. The molecule has 13 fully saturated rings. The van der Waals surface area contributed by atoms with Gasteiger partial charge in [-0.1, -0.05) is 294 Å². The second-order valence-electron chi connectivity index (χ2n) is 52.8. The fourth-order valence-corrected chi connectivity index (χ4v) is 30.3. The van der Waals surface area contributed by atoms with Crippen molar-refractivity contribution in [3.63, 3.8) is 0 Å². The smallest absolute Gasteiger partial charge is 0.331 e. The van der Waals surface area contributed by atoms with Crippen LogP contribution in [0.4, 0.5) is 0 Å². The minimum atomic E-state index is -0.680. The van der Waals surface area contributed by atoms with E-state index in [1.165, 1.54) is 203 Å². The molecule has 0 spiro atoms. The van der Waals surface area contributed by atoms with Crippen LogP contribution in [-0.4, -0.2) is 124 Å². The van der Waals surface area contributed by atoms with Crippen LogP contribution in [0.2, 0.25) is 0 Å². The number of H-pyrrole nitrogens is 2. The molecule has 147 heavy (non-hydrogen) atoms. The average Bonchev–Trinajstić information content (AvgIpc) is 1.60. The third kappa shape index (κ3) is 32.1. The number of imidazole rings is 1. The van der Waals surface area contributed by atoms with Crippen molar-refractivity contribution in [2.45, 2.75) is 463 Å². The monoisotopic (exact) mass is 2040 g/mol. The first-order valence-corrected chi connectivity index (χ1v) is 59.2. The molecule has 25 atom stereocenters. The van der Waals surface area contributed by atoms with Crippen molar-refractivity contribution in [2.24, 2.45) is 121 Å². The van der Waals surface area contributed by atoms with Gasteiger partial charge in [0, 0.05) is 50.8 Å². The number of fused-ring (bicyclic) bond motifs is 4. The molecular weight excluding hydrogens is 1830 g/mol. The molecule has 1 heterocycles. The summed E-state index contributed by atoms with van der Waals surface area (Å²) < 4.78 is 12.8. The van der Waals surface area contributed by atoms with Crippen molar-refractivity contribution < 1.29 is 55.1 Å². The summed E-state index contributed by atoms with van der Waals surface area (Å²) in [6.45, 7) is 68.2. The highest BCUT2D eigenvalue weighted by Crippen LogP contribution is 2.65. The number of esters is 1. The molecule has 13 nitrogen and oxygen atoms in total. The first-order valence-electron chi connectivity index (χ1n) is 58.8. The van der Waals surface area contributed by atoms with Gasteiger partial charge in [0.1, 0.15) is 6.10 Å². The average molecular weight is 2040 g/mol. The summed E-state index contributed by atoms with van der Waals surface area (Å²) in [5.74, 6) is 10.5. The Morgan fingerprint density at radius 2 is 0.905 bits per heavy atom. The number of carbonyl (C=O) groups excluding carboxylic acids is 1. The zero-order chi connectivity index (χ0) is 108. The van der Waals surface area contributed by atoms with Gasteiger partial charge in [-0.05, 0) is 423 Å². The van der Waals surface area contributed by atoms with Crippen molar-refractivity contribution in [3.8, 4) is 0 Å². The Labute approximate surface area is 898 Å². The van der Waals surface area contributed by atoms with Crippen molar-refractivity contribution in [1.29, 1.82) is 0 Å². The Bertz CT molecular complexity index is 5090. The molecular formula is C133H206N2O11S. The summed E-state index contributed by atoms with van der Waals surface area (Å²) in [6.07, 6.45) is 77.6. The van der Waals surface area contributed by atoms with Gasteiger partial charge < -0.3 is 60.3 Å². The first-order chi connectivity index (χ1) is 69.3. The molecule has 0 amide bonds. The normalized spacial score (nSPS) is 35.9. The van der Waals surface area contributed by atoms with E-state index in [-0.39, 0.29) is 16.9 Å². The molecule has 1 aromatic heterocycles. The molecule has 820 valence electrons. The van der Waals surface area contributed by atoms with E-state index in [4.69, 9.17) is 9.47 Å². The lowest BCUT2D eigenvalue weighted by Gasteiger charge is -2.44. The number of nitrogens with one attached hydrogen (secondary N) is 2. The van der Waals surface area contributed by atoms with E-state index in [1.54, 1.807) is 29.1 Å². The van der Waals surface area contributed by atoms with E-state index in [9.17, 15) is 45.6 Å². The van der Waals surface area contributed by atoms with E-state index >= 15 is 0 Å². The summed E-state index contributed by atoms with van der Waals surface area (Å²) in [7, 11) is 0. The SMILES string of the molecule is C=C1/C(=C\C=C2/CCC[C@@]3(C)C2CC[C@@H]3[C@H](C)/C=C/C2(C(C)C)CC2)C[C@@H](O)C[C@@H]1O.C=C1/C(=C\C=C2/CCC[C@@]3(C)C2CC[C@@H]3[C@H](C)CCC(C)C(C)C)C[C@@H](O)C[C@@H]1O.C=C1/C(=C\C=C2/CCC[C@@]3(C)C2CC[C@@H]3[C@H](C)CCCC(C)C)C[C@@H](O)C[C@@H]1OC(=O)/C=C(C)/C=C/C=C(C)/C=C/C1=C(C)CCCC1(C)C.C=C1/C(=C\C=C2/CCC[C@@]3(C)C2CC[C@@H]3[C@H](C)OCCC(C)(C)O)C[C@@H](O)C[C@@H]1O.S=c1[nH]cc[nH]1. The number of rotatable bonds is 29. The van der Waals surface area contributed by atoms with Crippen LogP contribution in [0.1, 0.15) is 403 Å². The number of carbonyl (C=O) groups is 1. The van der Waals surface area contributed by atoms with Gasteiger partial charge in [-0.15, -0.1) is 0 Å². The molecule has 14 aliphatic rings. The van der Waals surface area contributed by atoms with Crippen molar-refractivity contribution in [2.75, 3.05) is 6.61 Å². The van der Waals surface area contributed by atoms with E-state index in [2.05, 4.69) is 259 Å². The van der Waals surface area contributed by atoms with Gasteiger partial charge in [0.15, 0.2) is 4.77 Å². The van der Waals surface area contributed by atoms with E-state index in [0.29, 0.717) is 126 Å². The summed E-state index contributed by atoms with van der Waals surface area (Å²) in [5.41, 5.74) is 19.9. The second kappa shape index (κ2) is 53.8. The van der Waals surface area contributed by atoms with Gasteiger partial charge in [0.05, 0.1) is 54.4 Å². The fourth-order valence-electron chi connectivity index (χ4n) is 30.2. The molecule has 14 heteroatoms. The molecule has 0 radical (unpaired) electrons. The Hall–Kier alpha value is -6.14. The molecule has 1 aromatic rings. The second-order valence-corrected chi connectivity index (χ2v) is 53.2. The Kier molecular flexibility index (Phi) is 44.3. The molecule has 10 N–H and O–H groups in total. The molecule has 13 saturated carbocycles. The molecule has 5 unspecified atom stereocenters.